The van der Waals surface area contributed by atoms with Crippen LogP contribution in [0.1, 0.15) is 30.9 Å². The number of alkyl halides is 3. The summed E-state index contributed by atoms with van der Waals surface area (Å²) in [6, 6.07) is 1.97. The molecule has 0 aliphatic heterocycles. The quantitative estimate of drug-likeness (QED) is 0.781. The van der Waals surface area contributed by atoms with E-state index in [-0.39, 0.29) is 6.54 Å². The number of halogens is 3. The van der Waals surface area contributed by atoms with Crippen LogP contribution in [0.5, 0.6) is 0 Å². The Balaban J connectivity index is 2.62. The van der Waals surface area contributed by atoms with Crippen LogP contribution in [0.25, 0.3) is 0 Å². The first kappa shape index (κ1) is 16.8. The van der Waals surface area contributed by atoms with Crippen molar-refractivity contribution in [2.24, 2.45) is 0 Å². The molecule has 1 aromatic rings. The van der Waals surface area contributed by atoms with Gasteiger partial charge in [-0.2, -0.15) is 13.2 Å². The fraction of sp³-hybridized carbons (Fsp3) is 0.643. The van der Waals surface area contributed by atoms with E-state index in [4.69, 9.17) is 0 Å². The van der Waals surface area contributed by atoms with E-state index in [1.165, 1.54) is 0 Å². The van der Waals surface area contributed by atoms with Gasteiger partial charge in [-0.15, -0.1) is 0 Å². The molecule has 0 atom stereocenters. The molecule has 20 heavy (non-hydrogen) atoms. The Kier molecular flexibility index (Phi) is 6.26. The Morgan fingerprint density at radius 3 is 2.60 bits per heavy atom. The third-order valence-electron chi connectivity index (χ3n) is 2.96. The van der Waals surface area contributed by atoms with Gasteiger partial charge < -0.3 is 10.2 Å². The maximum Gasteiger partial charge on any atom is 0.390 e. The molecule has 0 aliphatic rings. The summed E-state index contributed by atoms with van der Waals surface area (Å²) >= 11 is 0. The van der Waals surface area contributed by atoms with E-state index in [0.717, 1.165) is 30.6 Å². The normalized spacial score (nSPS) is 11.7. The summed E-state index contributed by atoms with van der Waals surface area (Å²) in [5, 5.41) is 3.27. The highest BCUT2D eigenvalue weighted by molar-refractivity contribution is 5.46. The van der Waals surface area contributed by atoms with Gasteiger partial charge in [0, 0.05) is 26.3 Å². The van der Waals surface area contributed by atoms with Crippen molar-refractivity contribution in [2.45, 2.75) is 39.4 Å². The van der Waals surface area contributed by atoms with Crippen molar-refractivity contribution in [2.75, 3.05) is 25.0 Å². The van der Waals surface area contributed by atoms with Crippen LogP contribution < -0.4 is 10.2 Å². The van der Waals surface area contributed by atoms with Crippen LogP contribution in [0.4, 0.5) is 19.0 Å². The second-order valence-corrected chi connectivity index (χ2v) is 4.95. The van der Waals surface area contributed by atoms with E-state index in [2.05, 4.69) is 17.2 Å². The number of nitrogens with one attached hydrogen (secondary N) is 1. The van der Waals surface area contributed by atoms with Crippen LogP contribution in [-0.4, -0.2) is 31.3 Å². The lowest BCUT2D eigenvalue weighted by atomic mass is 10.2. The van der Waals surface area contributed by atoms with Crippen LogP contribution in [0.2, 0.25) is 0 Å². The molecule has 0 fully saturated rings. The third kappa shape index (κ3) is 5.77. The van der Waals surface area contributed by atoms with Crippen molar-refractivity contribution in [1.82, 2.24) is 10.3 Å². The van der Waals surface area contributed by atoms with Gasteiger partial charge in [0.25, 0.3) is 0 Å². The molecular formula is C14H22F3N3. The first-order chi connectivity index (χ1) is 9.33. The first-order valence-corrected chi connectivity index (χ1v) is 6.77. The van der Waals surface area contributed by atoms with Crippen molar-refractivity contribution in [3.63, 3.8) is 0 Å². The van der Waals surface area contributed by atoms with Crippen LogP contribution in [0.15, 0.2) is 12.3 Å². The lowest BCUT2D eigenvalue weighted by Crippen LogP contribution is -2.25. The third-order valence-corrected chi connectivity index (χ3v) is 2.96. The standard InChI is InChI=1S/C14H22F3N3/c1-4-6-18-9-12-8-11(2)13(19-10-12)20(3)7-5-14(15,16)17/h8,10,18H,4-7,9H2,1-3H3. The van der Waals surface area contributed by atoms with Crippen molar-refractivity contribution in [3.8, 4) is 0 Å². The topological polar surface area (TPSA) is 28.2 Å². The average Bonchev–Trinajstić information content (AvgIpc) is 2.35. The highest BCUT2D eigenvalue weighted by Gasteiger charge is 2.27. The van der Waals surface area contributed by atoms with E-state index < -0.39 is 12.6 Å². The summed E-state index contributed by atoms with van der Waals surface area (Å²) < 4.78 is 36.6. The fourth-order valence-electron chi connectivity index (χ4n) is 1.93. The maximum atomic E-state index is 12.2. The van der Waals surface area contributed by atoms with Gasteiger partial charge in [0.15, 0.2) is 0 Å². The SMILES string of the molecule is CCCNCc1cnc(N(C)CCC(F)(F)F)c(C)c1. The summed E-state index contributed by atoms with van der Waals surface area (Å²) in [5.74, 6) is 0.605. The molecule has 0 aliphatic carbocycles. The smallest absolute Gasteiger partial charge is 0.359 e. The van der Waals surface area contributed by atoms with Gasteiger partial charge in [-0.05, 0) is 37.1 Å². The molecule has 1 N–H and O–H groups in total. The summed E-state index contributed by atoms with van der Waals surface area (Å²) in [5.41, 5.74) is 1.94. The van der Waals surface area contributed by atoms with E-state index in [0.29, 0.717) is 5.82 Å². The second kappa shape index (κ2) is 7.47. The van der Waals surface area contributed by atoms with Gasteiger partial charge >= 0.3 is 6.18 Å². The van der Waals surface area contributed by atoms with Gasteiger partial charge in [0.2, 0.25) is 0 Å². The minimum Gasteiger partial charge on any atom is -0.359 e. The average molecular weight is 289 g/mol. The largest absolute Gasteiger partial charge is 0.390 e. The van der Waals surface area contributed by atoms with Crippen molar-refractivity contribution in [1.29, 1.82) is 0 Å². The molecule has 1 rings (SSSR count). The molecule has 114 valence electrons. The Morgan fingerprint density at radius 2 is 2.05 bits per heavy atom. The van der Waals surface area contributed by atoms with Gasteiger partial charge in [0.05, 0.1) is 6.42 Å². The van der Waals surface area contributed by atoms with Crippen LogP contribution >= 0.6 is 0 Å². The van der Waals surface area contributed by atoms with Crippen LogP contribution in [0.3, 0.4) is 0 Å². The van der Waals surface area contributed by atoms with E-state index in [1.54, 1.807) is 18.1 Å². The first-order valence-electron chi connectivity index (χ1n) is 6.77. The number of aromatic nitrogens is 1. The Hall–Kier alpha value is -1.30. The highest BCUT2D eigenvalue weighted by atomic mass is 19.4. The lowest BCUT2D eigenvalue weighted by Gasteiger charge is -2.21. The predicted octanol–water partition coefficient (Wildman–Crippen LogP) is 3.28. The molecule has 0 spiro atoms. The van der Waals surface area contributed by atoms with Gasteiger partial charge in [-0.1, -0.05) is 6.92 Å². The van der Waals surface area contributed by atoms with E-state index in [9.17, 15) is 13.2 Å². The summed E-state index contributed by atoms with van der Waals surface area (Å²) in [7, 11) is 1.63. The van der Waals surface area contributed by atoms with Crippen molar-refractivity contribution < 1.29 is 13.2 Å². The van der Waals surface area contributed by atoms with Crippen molar-refractivity contribution in [3.05, 3.63) is 23.4 Å². The van der Waals surface area contributed by atoms with Crippen LogP contribution in [0, 0.1) is 6.92 Å². The second-order valence-electron chi connectivity index (χ2n) is 4.95. The molecule has 0 aromatic carbocycles. The summed E-state index contributed by atoms with van der Waals surface area (Å²) in [4.78, 5) is 5.82. The lowest BCUT2D eigenvalue weighted by molar-refractivity contribution is -0.132. The molecule has 0 saturated carbocycles. The zero-order valence-electron chi connectivity index (χ0n) is 12.2. The molecule has 0 amide bonds. The fourth-order valence-corrected chi connectivity index (χ4v) is 1.93. The minimum absolute atomic E-state index is 0.0786. The monoisotopic (exact) mass is 289 g/mol. The van der Waals surface area contributed by atoms with E-state index in [1.807, 2.05) is 13.0 Å². The minimum atomic E-state index is -4.13. The number of hydrogen-bond donors (Lipinski definition) is 1. The summed E-state index contributed by atoms with van der Waals surface area (Å²) in [6.07, 6.45) is -2.18. The number of nitrogens with zero attached hydrogens (tertiary/aromatic N) is 2. The van der Waals surface area contributed by atoms with Crippen LogP contribution in [-0.2, 0) is 6.54 Å². The van der Waals surface area contributed by atoms with Crippen molar-refractivity contribution >= 4 is 5.82 Å². The molecule has 3 nitrogen and oxygen atoms in total. The zero-order chi connectivity index (χ0) is 15.2. The predicted molar refractivity (Wildman–Crippen MR) is 74.9 cm³/mol. The molecule has 0 saturated heterocycles. The van der Waals surface area contributed by atoms with Gasteiger partial charge in [-0.25, -0.2) is 4.98 Å². The molecule has 0 radical (unpaired) electrons. The molecule has 0 unspecified atom stereocenters. The number of rotatable bonds is 7. The number of pyridine rings is 1. The Labute approximate surface area is 118 Å². The molecule has 1 heterocycles. The Bertz CT molecular complexity index is 419. The molecule has 0 bridgehead atoms. The Morgan fingerprint density at radius 1 is 1.35 bits per heavy atom. The zero-order valence-corrected chi connectivity index (χ0v) is 12.2. The maximum absolute atomic E-state index is 12.2. The van der Waals surface area contributed by atoms with E-state index >= 15 is 0 Å². The number of hydrogen-bond acceptors (Lipinski definition) is 3. The molecular weight excluding hydrogens is 267 g/mol. The van der Waals surface area contributed by atoms with Gasteiger partial charge in [0.1, 0.15) is 5.82 Å². The van der Waals surface area contributed by atoms with Gasteiger partial charge in [-0.3, -0.25) is 0 Å². The highest BCUT2D eigenvalue weighted by Crippen LogP contribution is 2.22. The number of anilines is 1. The molecule has 6 heteroatoms. The summed E-state index contributed by atoms with van der Waals surface area (Å²) in [6.45, 7) is 5.55. The number of aryl methyl sites for hydroxylation is 1. The molecule has 1 aromatic heterocycles.